The van der Waals surface area contributed by atoms with E-state index in [1.165, 1.54) is 16.7 Å². The van der Waals surface area contributed by atoms with Crippen molar-refractivity contribution in [1.82, 2.24) is 4.90 Å². The van der Waals surface area contributed by atoms with Crippen LogP contribution in [0.25, 0.3) is 0 Å². The summed E-state index contributed by atoms with van der Waals surface area (Å²) in [6.45, 7) is 1.89. The van der Waals surface area contributed by atoms with Gasteiger partial charge in [-0.05, 0) is 36.8 Å². The van der Waals surface area contributed by atoms with Crippen LogP contribution in [0.2, 0.25) is 5.02 Å². The smallest absolute Gasteiger partial charge is 0.242 e. The Kier molecular flexibility index (Phi) is 6.26. The fourth-order valence-electron chi connectivity index (χ4n) is 2.64. The van der Waals surface area contributed by atoms with Crippen LogP contribution in [-0.4, -0.2) is 41.3 Å². The molecule has 1 atom stereocenters. The Morgan fingerprint density at radius 1 is 1.32 bits per heavy atom. The molecule has 146 valence electrons. The summed E-state index contributed by atoms with van der Waals surface area (Å²) < 4.78 is 5.19. The number of rotatable bonds is 5. The second-order valence-corrected chi connectivity index (χ2v) is 7.89. The molecule has 3 rings (SSSR count). The van der Waals surface area contributed by atoms with Crippen molar-refractivity contribution in [2.75, 3.05) is 19.5 Å². The van der Waals surface area contributed by atoms with Gasteiger partial charge in [0.25, 0.3) is 0 Å². The summed E-state index contributed by atoms with van der Waals surface area (Å²) in [5.41, 5.74) is 2.22. The van der Waals surface area contributed by atoms with Crippen LogP contribution in [0.3, 0.4) is 0 Å². The third-order valence-electron chi connectivity index (χ3n) is 4.25. The molecule has 1 saturated heterocycles. The van der Waals surface area contributed by atoms with E-state index in [0.717, 1.165) is 5.56 Å². The number of halogens is 1. The second kappa shape index (κ2) is 8.67. The number of hydrogen-bond donors (Lipinski definition) is 1. The van der Waals surface area contributed by atoms with Crippen LogP contribution in [-0.2, 0) is 9.59 Å². The van der Waals surface area contributed by atoms with Gasteiger partial charge >= 0.3 is 0 Å². The molecule has 1 aliphatic rings. The lowest BCUT2D eigenvalue weighted by atomic mass is 10.2. The summed E-state index contributed by atoms with van der Waals surface area (Å²) in [5, 5.41) is 3.40. The molecule has 2 aromatic carbocycles. The normalized spacial score (nSPS) is 17.9. The fourth-order valence-corrected chi connectivity index (χ4v) is 3.97. The number of carbonyl (C=O) groups excluding carboxylic acids is 2. The van der Waals surface area contributed by atoms with E-state index in [9.17, 15) is 9.59 Å². The zero-order valence-corrected chi connectivity index (χ0v) is 17.3. The molecule has 8 heteroatoms. The number of aliphatic imine (C=N–C) groups is 1. The van der Waals surface area contributed by atoms with Gasteiger partial charge in [0.1, 0.15) is 11.0 Å². The largest absolute Gasteiger partial charge is 0.497 e. The van der Waals surface area contributed by atoms with Crippen molar-refractivity contribution in [2.45, 2.75) is 18.6 Å². The summed E-state index contributed by atoms with van der Waals surface area (Å²) in [6, 6.07) is 12.6. The number of amidine groups is 1. The molecule has 0 bridgehead atoms. The minimum Gasteiger partial charge on any atom is -0.497 e. The molecule has 1 aliphatic heterocycles. The van der Waals surface area contributed by atoms with E-state index in [1.54, 1.807) is 32.4 Å². The standard InChI is InChI=1S/C20H20ClN3O3S/c1-12-7-8-14(10-16(12)21)22-18(25)11-17-19(26)24(2)20(28-17)23-13-5-4-6-15(9-13)27-3/h4-10,17H,11H2,1-3H3,(H,22,25)/t17-/m0/s1. The van der Waals surface area contributed by atoms with E-state index in [-0.39, 0.29) is 18.2 Å². The van der Waals surface area contributed by atoms with Gasteiger partial charge in [-0.2, -0.15) is 0 Å². The Morgan fingerprint density at radius 3 is 2.82 bits per heavy atom. The fraction of sp³-hybridized carbons (Fsp3) is 0.250. The number of nitrogens with one attached hydrogen (secondary N) is 1. The predicted molar refractivity (Wildman–Crippen MR) is 114 cm³/mol. The summed E-state index contributed by atoms with van der Waals surface area (Å²) >= 11 is 7.37. The van der Waals surface area contributed by atoms with E-state index in [2.05, 4.69) is 10.3 Å². The zero-order chi connectivity index (χ0) is 20.3. The van der Waals surface area contributed by atoms with Gasteiger partial charge in [0.15, 0.2) is 5.17 Å². The first-order valence-electron chi connectivity index (χ1n) is 8.60. The van der Waals surface area contributed by atoms with Gasteiger partial charge in [-0.1, -0.05) is 35.5 Å². The second-order valence-electron chi connectivity index (χ2n) is 6.32. The topological polar surface area (TPSA) is 71.0 Å². The molecule has 0 spiro atoms. The molecule has 0 aliphatic carbocycles. The van der Waals surface area contributed by atoms with Crippen molar-refractivity contribution in [3.63, 3.8) is 0 Å². The Hall–Kier alpha value is -2.51. The summed E-state index contributed by atoms with van der Waals surface area (Å²) in [7, 11) is 3.24. The maximum atomic E-state index is 12.5. The molecule has 1 heterocycles. The van der Waals surface area contributed by atoms with Gasteiger partial charge in [-0.15, -0.1) is 0 Å². The van der Waals surface area contributed by atoms with Crippen LogP contribution in [0.15, 0.2) is 47.5 Å². The summed E-state index contributed by atoms with van der Waals surface area (Å²) in [4.78, 5) is 30.9. The number of benzene rings is 2. The molecule has 1 N–H and O–H groups in total. The lowest BCUT2D eigenvalue weighted by Gasteiger charge is -2.10. The Labute approximate surface area is 172 Å². The number of carbonyl (C=O) groups is 2. The molecule has 0 unspecified atom stereocenters. The Balaban J connectivity index is 1.68. The average molecular weight is 418 g/mol. The Morgan fingerprint density at radius 2 is 2.11 bits per heavy atom. The van der Waals surface area contributed by atoms with E-state index in [4.69, 9.17) is 16.3 Å². The van der Waals surface area contributed by atoms with Gasteiger partial charge in [0, 0.05) is 30.2 Å². The minimum atomic E-state index is -0.518. The third kappa shape index (κ3) is 4.66. The van der Waals surface area contributed by atoms with E-state index < -0.39 is 5.25 Å². The number of methoxy groups -OCH3 is 1. The number of aryl methyl sites for hydroxylation is 1. The lowest BCUT2D eigenvalue weighted by Crippen LogP contribution is -2.30. The molecule has 2 aromatic rings. The average Bonchev–Trinajstić information content (AvgIpc) is 2.92. The number of nitrogens with zero attached hydrogens (tertiary/aromatic N) is 2. The molecular formula is C20H20ClN3O3S. The number of ether oxygens (including phenoxy) is 1. The van der Waals surface area contributed by atoms with Crippen molar-refractivity contribution in [3.05, 3.63) is 53.1 Å². The van der Waals surface area contributed by atoms with Crippen LogP contribution in [0.5, 0.6) is 5.75 Å². The van der Waals surface area contributed by atoms with Crippen molar-refractivity contribution in [2.24, 2.45) is 4.99 Å². The highest BCUT2D eigenvalue weighted by atomic mass is 35.5. The highest BCUT2D eigenvalue weighted by molar-refractivity contribution is 8.15. The van der Waals surface area contributed by atoms with Crippen LogP contribution in [0, 0.1) is 6.92 Å². The molecule has 0 radical (unpaired) electrons. The first-order chi connectivity index (χ1) is 13.4. The molecule has 2 amide bonds. The van der Waals surface area contributed by atoms with Gasteiger partial charge in [0.05, 0.1) is 12.8 Å². The van der Waals surface area contributed by atoms with Crippen LogP contribution in [0.4, 0.5) is 11.4 Å². The first kappa shape index (κ1) is 20.2. The maximum absolute atomic E-state index is 12.5. The van der Waals surface area contributed by atoms with Crippen LogP contribution < -0.4 is 10.1 Å². The van der Waals surface area contributed by atoms with Crippen molar-refractivity contribution in [3.8, 4) is 5.75 Å². The van der Waals surface area contributed by atoms with Crippen molar-refractivity contribution >= 4 is 51.7 Å². The van der Waals surface area contributed by atoms with Gasteiger partial charge in [0.2, 0.25) is 11.8 Å². The molecular weight excluding hydrogens is 398 g/mol. The maximum Gasteiger partial charge on any atom is 0.242 e. The van der Waals surface area contributed by atoms with E-state index in [0.29, 0.717) is 27.3 Å². The summed E-state index contributed by atoms with van der Waals surface area (Å²) in [6.07, 6.45) is 0.0520. The molecule has 28 heavy (non-hydrogen) atoms. The monoisotopic (exact) mass is 417 g/mol. The van der Waals surface area contributed by atoms with E-state index >= 15 is 0 Å². The zero-order valence-electron chi connectivity index (χ0n) is 15.7. The van der Waals surface area contributed by atoms with Gasteiger partial charge in [-0.3, -0.25) is 14.5 Å². The van der Waals surface area contributed by atoms with Crippen LogP contribution >= 0.6 is 23.4 Å². The molecule has 1 fully saturated rings. The summed E-state index contributed by atoms with van der Waals surface area (Å²) in [5.74, 6) is 0.289. The third-order valence-corrected chi connectivity index (χ3v) is 5.88. The molecule has 0 saturated carbocycles. The lowest BCUT2D eigenvalue weighted by molar-refractivity contribution is -0.127. The van der Waals surface area contributed by atoms with Crippen LogP contribution in [0.1, 0.15) is 12.0 Å². The highest BCUT2D eigenvalue weighted by Gasteiger charge is 2.37. The van der Waals surface area contributed by atoms with Gasteiger partial charge < -0.3 is 10.1 Å². The highest BCUT2D eigenvalue weighted by Crippen LogP contribution is 2.31. The molecule has 6 nitrogen and oxygen atoms in total. The Bertz CT molecular complexity index is 948. The van der Waals surface area contributed by atoms with Crippen molar-refractivity contribution in [1.29, 1.82) is 0 Å². The predicted octanol–water partition coefficient (Wildman–Crippen LogP) is 4.25. The minimum absolute atomic E-state index is 0.0520. The number of anilines is 1. The number of amides is 2. The quantitative estimate of drug-likeness (QED) is 0.789. The van der Waals surface area contributed by atoms with E-state index in [1.807, 2.05) is 31.2 Å². The first-order valence-corrected chi connectivity index (χ1v) is 9.86. The SMILES string of the molecule is COc1cccc(N=C2S[C@@H](CC(=O)Nc3ccc(C)c(Cl)c3)C(=O)N2C)c1. The van der Waals surface area contributed by atoms with Crippen molar-refractivity contribution < 1.29 is 14.3 Å². The molecule has 0 aromatic heterocycles. The number of thioether (sulfide) groups is 1. The van der Waals surface area contributed by atoms with Gasteiger partial charge in [-0.25, -0.2) is 4.99 Å². The number of hydrogen-bond acceptors (Lipinski definition) is 5.